The highest BCUT2D eigenvalue weighted by Crippen LogP contribution is 2.39. The van der Waals surface area contributed by atoms with Gasteiger partial charge in [-0.1, -0.05) is 25.8 Å². The Bertz CT molecular complexity index is 497. The third kappa shape index (κ3) is 5.17. The number of hydrogen-bond acceptors (Lipinski definition) is 2. The summed E-state index contributed by atoms with van der Waals surface area (Å²) in [5.41, 5.74) is 0.522. The first-order valence-electron chi connectivity index (χ1n) is 9.27. The number of rotatable bonds is 9. The lowest BCUT2D eigenvalue weighted by atomic mass is 9.77. The molecule has 1 fully saturated rings. The minimum Gasteiger partial charge on any atom is -0.490 e. The summed E-state index contributed by atoms with van der Waals surface area (Å²) in [4.78, 5) is 0. The summed E-state index contributed by atoms with van der Waals surface area (Å²) >= 11 is 0. The van der Waals surface area contributed by atoms with Crippen molar-refractivity contribution < 1.29 is 18.3 Å². The summed E-state index contributed by atoms with van der Waals surface area (Å²) in [6.07, 6.45) is 8.22. The van der Waals surface area contributed by atoms with Crippen LogP contribution in [0.2, 0.25) is 0 Å². The van der Waals surface area contributed by atoms with Crippen LogP contribution in [0, 0.1) is 17.6 Å². The van der Waals surface area contributed by atoms with Crippen LogP contribution in [0.5, 0.6) is 5.75 Å². The van der Waals surface area contributed by atoms with E-state index in [1.54, 1.807) is 19.2 Å². The quantitative estimate of drug-likeness (QED) is 0.525. The lowest BCUT2D eigenvalue weighted by molar-refractivity contribution is 0.183. The molecule has 0 radical (unpaired) electrons. The van der Waals surface area contributed by atoms with Crippen LogP contribution in [-0.4, -0.2) is 20.3 Å². The lowest BCUT2D eigenvalue weighted by Crippen LogP contribution is -2.15. The fraction of sp³-hybridized carbons (Fsp3) is 0.700. The van der Waals surface area contributed by atoms with Crippen LogP contribution in [0.25, 0.3) is 0 Å². The molecule has 0 atom stereocenters. The topological polar surface area (TPSA) is 18.5 Å². The van der Waals surface area contributed by atoms with E-state index in [0.717, 1.165) is 44.4 Å². The second-order valence-corrected chi connectivity index (χ2v) is 6.84. The summed E-state index contributed by atoms with van der Waals surface area (Å²) in [5, 5.41) is 0. The zero-order valence-electron chi connectivity index (χ0n) is 15.0. The first-order chi connectivity index (χ1) is 11.7. The number of halogens is 2. The van der Waals surface area contributed by atoms with Gasteiger partial charge in [0.1, 0.15) is 0 Å². The van der Waals surface area contributed by atoms with Crippen molar-refractivity contribution in [2.75, 3.05) is 20.3 Å². The second kappa shape index (κ2) is 9.97. The average Bonchev–Trinajstić information content (AvgIpc) is 2.60. The fourth-order valence-electron chi connectivity index (χ4n) is 3.67. The minimum atomic E-state index is -0.838. The van der Waals surface area contributed by atoms with Gasteiger partial charge in [0.15, 0.2) is 11.6 Å². The number of methoxy groups -OCH3 is 1. The van der Waals surface area contributed by atoms with E-state index < -0.39 is 11.6 Å². The van der Waals surface area contributed by atoms with Crippen LogP contribution >= 0.6 is 0 Å². The van der Waals surface area contributed by atoms with Gasteiger partial charge in [-0.05, 0) is 62.0 Å². The SMILES string of the molecule is CCCC1CCC(c2ccc(OCCCCOC)c(F)c2F)CC1. The van der Waals surface area contributed by atoms with Crippen molar-refractivity contribution in [3.05, 3.63) is 29.3 Å². The summed E-state index contributed by atoms with van der Waals surface area (Å²) in [7, 11) is 1.64. The smallest absolute Gasteiger partial charge is 0.200 e. The Kier molecular flexibility index (Phi) is 7.97. The number of ether oxygens (including phenoxy) is 2. The molecule has 24 heavy (non-hydrogen) atoms. The van der Waals surface area contributed by atoms with E-state index in [9.17, 15) is 8.78 Å². The van der Waals surface area contributed by atoms with E-state index in [1.165, 1.54) is 12.8 Å². The van der Waals surface area contributed by atoms with Gasteiger partial charge >= 0.3 is 0 Å². The zero-order valence-corrected chi connectivity index (χ0v) is 15.0. The van der Waals surface area contributed by atoms with Crippen LogP contribution in [0.15, 0.2) is 12.1 Å². The molecule has 0 amide bonds. The zero-order chi connectivity index (χ0) is 17.4. The first kappa shape index (κ1) is 19.2. The molecule has 2 rings (SSSR count). The Balaban J connectivity index is 1.92. The average molecular weight is 340 g/mol. The molecule has 1 aliphatic carbocycles. The van der Waals surface area contributed by atoms with Gasteiger partial charge in [-0.15, -0.1) is 0 Å². The van der Waals surface area contributed by atoms with Crippen molar-refractivity contribution >= 4 is 0 Å². The summed E-state index contributed by atoms with van der Waals surface area (Å²) < 4.78 is 39.0. The Morgan fingerprint density at radius 3 is 2.38 bits per heavy atom. The van der Waals surface area contributed by atoms with E-state index in [2.05, 4.69) is 6.92 Å². The van der Waals surface area contributed by atoms with Crippen LogP contribution in [0.4, 0.5) is 8.78 Å². The van der Waals surface area contributed by atoms with Crippen molar-refractivity contribution in [2.24, 2.45) is 5.92 Å². The normalized spacial score (nSPS) is 21.0. The van der Waals surface area contributed by atoms with Gasteiger partial charge in [-0.2, -0.15) is 4.39 Å². The third-order valence-corrected chi connectivity index (χ3v) is 5.06. The lowest BCUT2D eigenvalue weighted by Gasteiger charge is -2.29. The van der Waals surface area contributed by atoms with Crippen molar-refractivity contribution in [1.82, 2.24) is 0 Å². The van der Waals surface area contributed by atoms with Gasteiger partial charge in [0, 0.05) is 13.7 Å². The van der Waals surface area contributed by atoms with Crippen LogP contribution in [-0.2, 0) is 4.74 Å². The summed E-state index contributed by atoms with van der Waals surface area (Å²) in [6, 6.07) is 3.30. The number of benzene rings is 1. The Hall–Kier alpha value is -1.16. The number of unbranched alkanes of at least 4 members (excludes halogenated alkanes) is 1. The van der Waals surface area contributed by atoms with Gasteiger partial charge in [-0.25, -0.2) is 4.39 Å². The van der Waals surface area contributed by atoms with Crippen LogP contribution < -0.4 is 4.74 Å². The van der Waals surface area contributed by atoms with E-state index in [0.29, 0.717) is 18.8 Å². The standard InChI is InChI=1S/C20H30F2O2/c1-3-6-15-7-9-16(10-8-15)17-11-12-18(20(22)19(17)21)24-14-5-4-13-23-2/h11-12,15-16H,3-10,13-14H2,1-2H3. The molecule has 2 nitrogen and oxygen atoms in total. The predicted molar refractivity (Wildman–Crippen MR) is 92.6 cm³/mol. The highest BCUT2D eigenvalue weighted by molar-refractivity contribution is 5.33. The van der Waals surface area contributed by atoms with Crippen molar-refractivity contribution in [2.45, 2.75) is 64.2 Å². The van der Waals surface area contributed by atoms with E-state index in [1.807, 2.05) is 0 Å². The Morgan fingerprint density at radius 2 is 1.71 bits per heavy atom. The molecule has 1 saturated carbocycles. The molecular weight excluding hydrogens is 310 g/mol. The van der Waals surface area contributed by atoms with Crippen molar-refractivity contribution in [3.8, 4) is 5.75 Å². The Labute approximate surface area is 144 Å². The minimum absolute atomic E-state index is 0.0216. The van der Waals surface area contributed by atoms with E-state index in [4.69, 9.17) is 9.47 Å². The molecule has 0 N–H and O–H groups in total. The van der Waals surface area contributed by atoms with Gasteiger partial charge in [0.05, 0.1) is 6.61 Å². The monoisotopic (exact) mass is 340 g/mol. The highest BCUT2D eigenvalue weighted by atomic mass is 19.2. The molecule has 136 valence electrons. The summed E-state index contributed by atoms with van der Waals surface area (Å²) in [6.45, 7) is 3.23. The maximum absolute atomic E-state index is 14.4. The molecule has 0 saturated heterocycles. The molecule has 1 aromatic rings. The van der Waals surface area contributed by atoms with Crippen LogP contribution in [0.3, 0.4) is 0 Å². The van der Waals surface area contributed by atoms with Crippen LogP contribution in [0.1, 0.15) is 69.8 Å². The van der Waals surface area contributed by atoms with Gasteiger partial charge in [0.2, 0.25) is 5.82 Å². The molecule has 0 aromatic heterocycles. The number of hydrogen-bond donors (Lipinski definition) is 0. The first-order valence-corrected chi connectivity index (χ1v) is 9.27. The van der Waals surface area contributed by atoms with E-state index >= 15 is 0 Å². The maximum Gasteiger partial charge on any atom is 0.200 e. The van der Waals surface area contributed by atoms with Crippen molar-refractivity contribution in [1.29, 1.82) is 0 Å². The molecule has 0 bridgehead atoms. The predicted octanol–water partition coefficient (Wildman–Crippen LogP) is 5.84. The largest absolute Gasteiger partial charge is 0.490 e. The second-order valence-electron chi connectivity index (χ2n) is 6.84. The molecule has 0 aliphatic heterocycles. The maximum atomic E-state index is 14.4. The molecule has 1 aliphatic rings. The molecule has 4 heteroatoms. The van der Waals surface area contributed by atoms with Gasteiger partial charge in [0.25, 0.3) is 0 Å². The fourth-order valence-corrected chi connectivity index (χ4v) is 3.67. The van der Waals surface area contributed by atoms with E-state index in [-0.39, 0.29) is 11.7 Å². The molecule has 0 unspecified atom stereocenters. The highest BCUT2D eigenvalue weighted by Gasteiger charge is 2.26. The van der Waals surface area contributed by atoms with Crippen molar-refractivity contribution in [3.63, 3.8) is 0 Å². The Morgan fingerprint density at radius 1 is 1.00 bits per heavy atom. The van der Waals surface area contributed by atoms with Gasteiger partial charge < -0.3 is 9.47 Å². The molecule has 0 heterocycles. The summed E-state index contributed by atoms with van der Waals surface area (Å²) in [5.74, 6) is -0.635. The molecule has 0 spiro atoms. The third-order valence-electron chi connectivity index (χ3n) is 5.06. The van der Waals surface area contributed by atoms with Gasteiger partial charge in [-0.3, -0.25) is 0 Å². The molecular formula is C20H30F2O2. The molecule has 1 aromatic carbocycles.